The molecule has 0 spiro atoms. The first-order valence-electron chi connectivity index (χ1n) is 8.17. The second-order valence-corrected chi connectivity index (χ2v) is 10.8. The van der Waals surface area contributed by atoms with Gasteiger partial charge in [0, 0.05) is 23.3 Å². The Morgan fingerprint density at radius 1 is 1.32 bits per heavy atom. The molecule has 136 valence electrons. The molecule has 25 heavy (non-hydrogen) atoms. The summed E-state index contributed by atoms with van der Waals surface area (Å²) < 4.78 is 27.6. The first-order chi connectivity index (χ1) is 11.8. The predicted molar refractivity (Wildman–Crippen MR) is 101 cm³/mol. The third-order valence-electron chi connectivity index (χ3n) is 4.49. The van der Waals surface area contributed by atoms with Gasteiger partial charge in [0.15, 0.2) is 0 Å². The van der Waals surface area contributed by atoms with E-state index in [1.54, 1.807) is 35.4 Å². The Labute approximate surface area is 156 Å². The van der Waals surface area contributed by atoms with Crippen LogP contribution < -0.4 is 0 Å². The van der Waals surface area contributed by atoms with E-state index in [2.05, 4.69) is 0 Å². The number of amides is 1. The number of aryl methyl sites for hydroxylation is 2. The van der Waals surface area contributed by atoms with E-state index in [-0.39, 0.29) is 5.91 Å². The molecule has 1 saturated heterocycles. The minimum Gasteiger partial charge on any atom is -0.339 e. The summed E-state index contributed by atoms with van der Waals surface area (Å²) in [6.07, 6.45) is 1.29. The highest BCUT2D eigenvalue weighted by atomic mass is 32.2. The highest BCUT2D eigenvalue weighted by Gasteiger charge is 2.41. The maximum absolute atomic E-state index is 12.9. The summed E-state index contributed by atoms with van der Waals surface area (Å²) in [5.74, 6) is -0.123. The minimum absolute atomic E-state index is 0.123. The number of likely N-dealkylation sites (N-methyl/N-ethyl adjacent to an activating group) is 1. The van der Waals surface area contributed by atoms with E-state index in [0.29, 0.717) is 30.1 Å². The van der Waals surface area contributed by atoms with Gasteiger partial charge >= 0.3 is 0 Å². The summed E-state index contributed by atoms with van der Waals surface area (Å²) in [7, 11) is -1.86. The van der Waals surface area contributed by atoms with Crippen molar-refractivity contribution in [3.8, 4) is 0 Å². The van der Waals surface area contributed by atoms with Crippen molar-refractivity contribution in [2.75, 3.05) is 13.6 Å². The van der Waals surface area contributed by atoms with Crippen LogP contribution in [0.5, 0.6) is 0 Å². The van der Waals surface area contributed by atoms with E-state index in [4.69, 9.17) is 0 Å². The second kappa shape index (κ2) is 7.19. The maximum Gasteiger partial charge on any atom is 0.253 e. The molecule has 0 saturated carbocycles. The molecule has 1 aliphatic rings. The second-order valence-electron chi connectivity index (χ2n) is 6.36. The van der Waals surface area contributed by atoms with Crippen LogP contribution in [0.2, 0.25) is 0 Å². The lowest BCUT2D eigenvalue weighted by atomic mass is 10.2. The van der Waals surface area contributed by atoms with Crippen molar-refractivity contribution < 1.29 is 13.2 Å². The Morgan fingerprint density at radius 3 is 2.68 bits per heavy atom. The van der Waals surface area contributed by atoms with Crippen molar-refractivity contribution in [2.24, 2.45) is 0 Å². The fraction of sp³-hybridized carbons (Fsp3) is 0.471. The highest BCUT2D eigenvalue weighted by molar-refractivity contribution is 7.91. The van der Waals surface area contributed by atoms with E-state index < -0.39 is 16.1 Å². The maximum atomic E-state index is 12.9. The van der Waals surface area contributed by atoms with Crippen molar-refractivity contribution in [2.45, 2.75) is 43.5 Å². The zero-order valence-electron chi connectivity index (χ0n) is 14.6. The van der Waals surface area contributed by atoms with Gasteiger partial charge < -0.3 is 4.90 Å². The van der Waals surface area contributed by atoms with Crippen LogP contribution in [0.3, 0.4) is 0 Å². The largest absolute Gasteiger partial charge is 0.339 e. The molecule has 3 heterocycles. The van der Waals surface area contributed by atoms with Gasteiger partial charge in [-0.05, 0) is 55.8 Å². The fourth-order valence-corrected chi connectivity index (χ4v) is 7.08. The lowest BCUT2D eigenvalue weighted by molar-refractivity contribution is -0.133. The molecule has 0 radical (unpaired) electrons. The SMILES string of the molecule is Cc1ccc(S(=O)(=O)N2CCCC2C(=O)N(C)Cc2sccc2C)s1. The Kier molecular flexibility index (Phi) is 5.34. The zero-order chi connectivity index (χ0) is 18.2. The van der Waals surface area contributed by atoms with E-state index in [1.807, 2.05) is 25.3 Å². The highest BCUT2D eigenvalue weighted by Crippen LogP contribution is 2.31. The van der Waals surface area contributed by atoms with Gasteiger partial charge in [-0.15, -0.1) is 22.7 Å². The lowest BCUT2D eigenvalue weighted by Crippen LogP contribution is -2.46. The van der Waals surface area contributed by atoms with Gasteiger partial charge in [-0.3, -0.25) is 4.79 Å². The molecule has 1 fully saturated rings. The molecule has 0 aliphatic carbocycles. The number of hydrogen-bond donors (Lipinski definition) is 0. The predicted octanol–water partition coefficient (Wildman–Crippen LogP) is 3.24. The van der Waals surface area contributed by atoms with Crippen LogP contribution in [0.1, 0.15) is 28.2 Å². The molecule has 5 nitrogen and oxygen atoms in total. The summed E-state index contributed by atoms with van der Waals surface area (Å²) in [4.78, 5) is 16.6. The molecule has 1 unspecified atom stereocenters. The molecule has 2 aromatic heterocycles. The molecule has 0 bridgehead atoms. The molecular weight excluding hydrogens is 376 g/mol. The smallest absolute Gasteiger partial charge is 0.253 e. The van der Waals surface area contributed by atoms with Gasteiger partial charge in [0.2, 0.25) is 5.91 Å². The number of hydrogen-bond acceptors (Lipinski definition) is 5. The summed E-state index contributed by atoms with van der Waals surface area (Å²) in [5.41, 5.74) is 1.16. The summed E-state index contributed by atoms with van der Waals surface area (Å²) in [6.45, 7) is 4.83. The molecular formula is C17H22N2O3S3. The summed E-state index contributed by atoms with van der Waals surface area (Å²) >= 11 is 2.88. The molecule has 0 N–H and O–H groups in total. The van der Waals surface area contributed by atoms with Crippen molar-refractivity contribution in [3.05, 3.63) is 38.9 Å². The van der Waals surface area contributed by atoms with Crippen LogP contribution in [-0.2, 0) is 21.4 Å². The number of carbonyl (C=O) groups is 1. The molecule has 3 rings (SSSR count). The van der Waals surface area contributed by atoms with Crippen LogP contribution in [-0.4, -0.2) is 43.2 Å². The number of thiophene rings is 2. The van der Waals surface area contributed by atoms with Gasteiger partial charge in [0.1, 0.15) is 10.3 Å². The Morgan fingerprint density at radius 2 is 2.08 bits per heavy atom. The number of carbonyl (C=O) groups excluding carboxylic acids is 1. The third kappa shape index (κ3) is 3.67. The minimum atomic E-state index is -3.61. The van der Waals surface area contributed by atoms with Gasteiger partial charge in [-0.25, -0.2) is 8.42 Å². The average molecular weight is 399 g/mol. The molecule has 8 heteroatoms. The quantitative estimate of drug-likeness (QED) is 0.777. The standard InChI is InChI=1S/C17H22N2O3S3/c1-12-8-10-23-15(12)11-18(3)17(20)14-5-4-9-19(14)25(21,22)16-7-6-13(2)24-16/h6-8,10,14H,4-5,9,11H2,1-3H3. The molecule has 1 amide bonds. The van der Waals surface area contributed by atoms with Crippen molar-refractivity contribution in [1.82, 2.24) is 9.21 Å². The number of sulfonamides is 1. The van der Waals surface area contributed by atoms with Gasteiger partial charge in [0.25, 0.3) is 10.0 Å². The van der Waals surface area contributed by atoms with Crippen LogP contribution in [0.25, 0.3) is 0 Å². The fourth-order valence-electron chi connectivity index (χ4n) is 3.05. The van der Waals surface area contributed by atoms with E-state index >= 15 is 0 Å². The third-order valence-corrected chi connectivity index (χ3v) is 8.88. The molecule has 1 atom stereocenters. The summed E-state index contributed by atoms with van der Waals surface area (Å²) in [5, 5.41) is 2.01. The molecule has 0 aromatic carbocycles. The van der Waals surface area contributed by atoms with E-state index in [1.165, 1.54) is 15.6 Å². The normalized spacial score (nSPS) is 18.6. The molecule has 2 aromatic rings. The van der Waals surface area contributed by atoms with Gasteiger partial charge in [-0.2, -0.15) is 4.31 Å². The van der Waals surface area contributed by atoms with Gasteiger partial charge in [-0.1, -0.05) is 0 Å². The van der Waals surface area contributed by atoms with E-state index in [9.17, 15) is 13.2 Å². The van der Waals surface area contributed by atoms with Crippen LogP contribution in [0, 0.1) is 13.8 Å². The van der Waals surface area contributed by atoms with Crippen LogP contribution in [0.4, 0.5) is 0 Å². The Bertz CT molecular complexity index is 869. The lowest BCUT2D eigenvalue weighted by Gasteiger charge is -2.27. The van der Waals surface area contributed by atoms with Crippen LogP contribution in [0.15, 0.2) is 27.8 Å². The number of rotatable bonds is 5. The monoisotopic (exact) mass is 398 g/mol. The average Bonchev–Trinajstić information content (AvgIpc) is 3.28. The Hall–Kier alpha value is -1.22. The summed E-state index contributed by atoms with van der Waals surface area (Å²) in [6, 6.07) is 4.87. The topological polar surface area (TPSA) is 57.7 Å². The van der Waals surface area contributed by atoms with Crippen LogP contribution >= 0.6 is 22.7 Å². The molecule has 1 aliphatic heterocycles. The van der Waals surface area contributed by atoms with Crippen molar-refractivity contribution in [1.29, 1.82) is 0 Å². The first-order valence-corrected chi connectivity index (χ1v) is 11.3. The van der Waals surface area contributed by atoms with Crippen molar-refractivity contribution >= 4 is 38.6 Å². The number of nitrogens with zero attached hydrogens (tertiary/aromatic N) is 2. The zero-order valence-corrected chi connectivity index (χ0v) is 17.0. The first kappa shape index (κ1) is 18.6. The van der Waals surface area contributed by atoms with Crippen molar-refractivity contribution in [3.63, 3.8) is 0 Å². The van der Waals surface area contributed by atoms with E-state index in [0.717, 1.165) is 15.3 Å². The van der Waals surface area contributed by atoms with Gasteiger partial charge in [0.05, 0.1) is 6.54 Å². The Balaban J connectivity index is 1.79.